The Hall–Kier alpha value is -2.48. The number of fused-ring (bicyclic) bond motifs is 1. The molecule has 1 aromatic carbocycles. The summed E-state index contributed by atoms with van der Waals surface area (Å²) in [5.74, 6) is -0.128. The van der Waals surface area contributed by atoms with Crippen LogP contribution in [0.1, 0.15) is 47.5 Å². The van der Waals surface area contributed by atoms with Gasteiger partial charge in [-0.25, -0.2) is 9.67 Å². The predicted octanol–water partition coefficient (Wildman–Crippen LogP) is 3.78. The Bertz CT molecular complexity index is 1060. The summed E-state index contributed by atoms with van der Waals surface area (Å²) in [6.45, 7) is 9.51. The van der Waals surface area contributed by atoms with E-state index in [-0.39, 0.29) is 18.0 Å². The molecule has 0 spiro atoms. The van der Waals surface area contributed by atoms with Gasteiger partial charge in [-0.15, -0.1) is 0 Å². The van der Waals surface area contributed by atoms with Gasteiger partial charge in [0, 0.05) is 36.1 Å². The maximum atomic E-state index is 13.1. The predicted molar refractivity (Wildman–Crippen MR) is 122 cm³/mol. The van der Waals surface area contributed by atoms with Gasteiger partial charge in [0.25, 0.3) is 5.91 Å². The van der Waals surface area contributed by atoms with E-state index < -0.39 is 0 Å². The Morgan fingerprint density at radius 2 is 1.94 bits per heavy atom. The first-order chi connectivity index (χ1) is 14.9. The molecule has 164 valence electrons. The maximum Gasteiger partial charge on any atom is 0.253 e. The van der Waals surface area contributed by atoms with E-state index in [1.165, 1.54) is 0 Å². The number of halogens is 1. The summed E-state index contributed by atoms with van der Waals surface area (Å²) >= 11 is 6.08. The normalized spacial score (nSPS) is 16.0. The van der Waals surface area contributed by atoms with Gasteiger partial charge >= 0.3 is 0 Å². The van der Waals surface area contributed by atoms with E-state index in [4.69, 9.17) is 16.3 Å². The van der Waals surface area contributed by atoms with Crippen LogP contribution < -0.4 is 5.32 Å². The molecule has 1 atom stereocenters. The van der Waals surface area contributed by atoms with Crippen LogP contribution in [0.5, 0.6) is 0 Å². The van der Waals surface area contributed by atoms with Gasteiger partial charge in [0.2, 0.25) is 0 Å². The number of hydrogen-bond donors (Lipinski definition) is 1. The molecule has 0 radical (unpaired) electrons. The molecule has 1 amide bonds. The summed E-state index contributed by atoms with van der Waals surface area (Å²) in [5, 5.41) is 9.10. The van der Waals surface area contributed by atoms with E-state index in [1.54, 1.807) is 6.20 Å². The lowest BCUT2D eigenvalue weighted by Gasteiger charge is -2.35. The van der Waals surface area contributed by atoms with Crippen molar-refractivity contribution in [3.05, 3.63) is 58.4 Å². The fourth-order valence-corrected chi connectivity index (χ4v) is 4.12. The van der Waals surface area contributed by atoms with Crippen LogP contribution in [0.15, 0.2) is 36.5 Å². The molecule has 0 saturated carbocycles. The van der Waals surface area contributed by atoms with Crippen LogP contribution in [0.25, 0.3) is 11.0 Å². The first-order valence-corrected chi connectivity index (χ1v) is 11.0. The zero-order valence-corrected chi connectivity index (χ0v) is 18.9. The first kappa shape index (κ1) is 21.7. The lowest BCUT2D eigenvalue weighted by Crippen LogP contribution is -2.43. The quantitative estimate of drug-likeness (QED) is 0.630. The van der Waals surface area contributed by atoms with Gasteiger partial charge in [0.1, 0.15) is 0 Å². The monoisotopic (exact) mass is 441 g/mol. The van der Waals surface area contributed by atoms with Crippen LogP contribution in [0, 0.1) is 6.92 Å². The number of carbonyl (C=O) groups excluding carboxylic acids is 1. The zero-order chi connectivity index (χ0) is 22.0. The standard InChI is InChI=1S/C23H28ClN5O2/c1-15(2)29-22-18(13-26-29)12-20(16(3)27-22)23(30)25-14-21(28-8-10-31-11-9-28)17-4-6-19(24)7-5-17/h4-7,12-13,15,21H,8-11,14H2,1-3H3,(H,25,30). The van der Waals surface area contributed by atoms with Gasteiger partial charge in [-0.2, -0.15) is 5.10 Å². The first-order valence-electron chi connectivity index (χ1n) is 10.6. The number of benzene rings is 1. The number of amides is 1. The Balaban J connectivity index is 1.54. The molecule has 1 fully saturated rings. The largest absolute Gasteiger partial charge is 0.379 e. The van der Waals surface area contributed by atoms with Crippen LogP contribution in [-0.4, -0.2) is 58.4 Å². The molecule has 1 aliphatic heterocycles. The third-order valence-electron chi connectivity index (χ3n) is 5.69. The average Bonchev–Trinajstić information content (AvgIpc) is 3.18. The van der Waals surface area contributed by atoms with Gasteiger partial charge in [-0.05, 0) is 44.5 Å². The van der Waals surface area contributed by atoms with Gasteiger partial charge in [0.05, 0.1) is 36.7 Å². The van der Waals surface area contributed by atoms with Crippen LogP contribution in [0.2, 0.25) is 5.02 Å². The minimum atomic E-state index is -0.128. The van der Waals surface area contributed by atoms with Gasteiger partial charge in [0.15, 0.2) is 5.65 Å². The molecule has 1 unspecified atom stereocenters. The average molecular weight is 442 g/mol. The Kier molecular flexibility index (Phi) is 6.55. The van der Waals surface area contributed by atoms with Crippen LogP contribution in [0.3, 0.4) is 0 Å². The van der Waals surface area contributed by atoms with Crippen LogP contribution in [0.4, 0.5) is 0 Å². The van der Waals surface area contributed by atoms with E-state index in [2.05, 4.69) is 34.1 Å². The van der Waals surface area contributed by atoms with Crippen molar-refractivity contribution in [2.75, 3.05) is 32.8 Å². The molecule has 0 bridgehead atoms. The number of hydrogen-bond acceptors (Lipinski definition) is 5. The van der Waals surface area contributed by atoms with E-state index >= 15 is 0 Å². The van der Waals surface area contributed by atoms with Crippen LogP contribution >= 0.6 is 11.6 Å². The Morgan fingerprint density at radius 1 is 1.23 bits per heavy atom. The molecular formula is C23H28ClN5O2. The molecule has 4 rings (SSSR count). The highest BCUT2D eigenvalue weighted by atomic mass is 35.5. The summed E-state index contributed by atoms with van der Waals surface area (Å²) in [7, 11) is 0. The van der Waals surface area contributed by atoms with E-state index in [1.807, 2.05) is 41.9 Å². The summed E-state index contributed by atoms with van der Waals surface area (Å²) in [6.07, 6.45) is 1.77. The minimum Gasteiger partial charge on any atom is -0.379 e. The molecule has 7 nitrogen and oxygen atoms in total. The lowest BCUT2D eigenvalue weighted by molar-refractivity contribution is 0.0162. The lowest BCUT2D eigenvalue weighted by atomic mass is 10.0. The van der Waals surface area contributed by atoms with Gasteiger partial charge in [-0.1, -0.05) is 23.7 Å². The molecule has 1 aliphatic rings. The number of carbonyl (C=O) groups is 1. The van der Waals surface area contributed by atoms with Crippen molar-refractivity contribution < 1.29 is 9.53 Å². The van der Waals surface area contributed by atoms with Crippen molar-refractivity contribution in [3.63, 3.8) is 0 Å². The minimum absolute atomic E-state index is 0.0470. The number of pyridine rings is 1. The highest BCUT2D eigenvalue weighted by Crippen LogP contribution is 2.24. The van der Waals surface area contributed by atoms with E-state index in [0.29, 0.717) is 36.0 Å². The Morgan fingerprint density at radius 3 is 2.61 bits per heavy atom. The highest BCUT2D eigenvalue weighted by molar-refractivity contribution is 6.30. The second-order valence-electron chi connectivity index (χ2n) is 8.14. The molecule has 2 aromatic heterocycles. The van der Waals surface area contributed by atoms with Gasteiger partial charge < -0.3 is 10.1 Å². The summed E-state index contributed by atoms with van der Waals surface area (Å²) < 4.78 is 7.38. The number of aromatic nitrogens is 3. The third kappa shape index (κ3) is 4.74. The van der Waals surface area contributed by atoms with E-state index in [9.17, 15) is 4.79 Å². The van der Waals surface area contributed by atoms with Crippen molar-refractivity contribution in [2.24, 2.45) is 0 Å². The number of nitrogens with zero attached hydrogens (tertiary/aromatic N) is 4. The summed E-state index contributed by atoms with van der Waals surface area (Å²) in [5.41, 5.74) is 3.20. The number of nitrogens with one attached hydrogen (secondary N) is 1. The second kappa shape index (κ2) is 9.34. The van der Waals surface area contributed by atoms with Gasteiger partial charge in [-0.3, -0.25) is 9.69 Å². The number of ether oxygens (including phenoxy) is 1. The molecule has 3 aromatic rings. The molecule has 0 aliphatic carbocycles. The number of rotatable bonds is 6. The molecule has 1 saturated heterocycles. The zero-order valence-electron chi connectivity index (χ0n) is 18.1. The summed E-state index contributed by atoms with van der Waals surface area (Å²) in [4.78, 5) is 20.1. The fourth-order valence-electron chi connectivity index (χ4n) is 3.99. The third-order valence-corrected chi connectivity index (χ3v) is 5.94. The molecular weight excluding hydrogens is 414 g/mol. The van der Waals surface area contributed by atoms with E-state index in [0.717, 1.165) is 29.7 Å². The van der Waals surface area contributed by atoms with Crippen LogP contribution in [-0.2, 0) is 4.74 Å². The molecule has 3 heterocycles. The Labute approximate surface area is 187 Å². The smallest absolute Gasteiger partial charge is 0.253 e. The fraction of sp³-hybridized carbons (Fsp3) is 0.435. The summed E-state index contributed by atoms with van der Waals surface area (Å²) in [6, 6.07) is 9.96. The van der Waals surface area contributed by atoms with Crippen molar-refractivity contribution in [1.29, 1.82) is 0 Å². The maximum absolute atomic E-state index is 13.1. The second-order valence-corrected chi connectivity index (χ2v) is 8.58. The van der Waals surface area contributed by atoms with Crippen molar-refractivity contribution in [2.45, 2.75) is 32.9 Å². The topological polar surface area (TPSA) is 72.3 Å². The van der Waals surface area contributed by atoms with Crippen molar-refractivity contribution >= 4 is 28.5 Å². The molecule has 1 N–H and O–H groups in total. The number of aryl methyl sites for hydroxylation is 1. The highest BCUT2D eigenvalue weighted by Gasteiger charge is 2.24. The SMILES string of the molecule is Cc1nc2c(cnn2C(C)C)cc1C(=O)NCC(c1ccc(Cl)cc1)N1CCOCC1. The van der Waals surface area contributed by atoms with Crippen molar-refractivity contribution in [3.8, 4) is 0 Å². The molecule has 8 heteroatoms. The number of morpholine rings is 1. The molecule has 31 heavy (non-hydrogen) atoms. The van der Waals surface area contributed by atoms with Crippen molar-refractivity contribution in [1.82, 2.24) is 25.0 Å².